The number of carbonyl (C=O) groups excluding carboxylic acids is 1. The van der Waals surface area contributed by atoms with Gasteiger partial charge in [-0.3, -0.25) is 9.69 Å². The van der Waals surface area contributed by atoms with E-state index in [1.165, 1.54) is 35.0 Å². The van der Waals surface area contributed by atoms with Gasteiger partial charge in [0.15, 0.2) is 0 Å². The molecule has 5 rings (SSSR count). The van der Waals surface area contributed by atoms with E-state index in [9.17, 15) is 4.79 Å². The monoisotopic (exact) mass is 438 g/mol. The number of likely N-dealkylation sites (N-methyl/N-ethyl adjacent to an activating group) is 1. The zero-order chi connectivity index (χ0) is 21.5. The number of carbonyl (C=O) groups is 1. The van der Waals surface area contributed by atoms with Crippen LogP contribution in [0.3, 0.4) is 0 Å². The Hall–Kier alpha value is -2.44. The molecule has 0 amide bonds. The number of ether oxygens (including phenoxy) is 1. The number of hydrogen-bond donors (Lipinski definition) is 0. The third-order valence-corrected chi connectivity index (χ3v) is 7.16. The number of esters is 1. The Morgan fingerprint density at radius 1 is 1.32 bits per heavy atom. The van der Waals surface area contributed by atoms with Gasteiger partial charge in [0.05, 0.1) is 13.0 Å². The van der Waals surface area contributed by atoms with Crippen LogP contribution in [-0.2, 0) is 22.5 Å². The predicted octanol–water partition coefficient (Wildman–Crippen LogP) is 4.51. The average Bonchev–Trinajstić information content (AvgIpc) is 3.17. The lowest BCUT2D eigenvalue weighted by Crippen LogP contribution is -2.35. The quantitative estimate of drug-likeness (QED) is 0.530. The normalized spacial score (nSPS) is 21.3. The molecule has 4 heterocycles. The summed E-state index contributed by atoms with van der Waals surface area (Å²) in [4.78, 5) is 23.5. The van der Waals surface area contributed by atoms with E-state index in [2.05, 4.69) is 38.6 Å². The van der Waals surface area contributed by atoms with Crippen molar-refractivity contribution in [2.24, 2.45) is 0 Å². The fourth-order valence-corrected chi connectivity index (χ4v) is 5.65. The van der Waals surface area contributed by atoms with Crippen molar-refractivity contribution >= 4 is 28.5 Å². The summed E-state index contributed by atoms with van der Waals surface area (Å²) in [5.41, 5.74) is 4.83. The highest BCUT2D eigenvalue weighted by atomic mass is 35.5. The molecule has 0 radical (unpaired) electrons. The minimum absolute atomic E-state index is 0.0882. The van der Waals surface area contributed by atoms with Gasteiger partial charge in [0.1, 0.15) is 6.33 Å². The molecule has 1 saturated heterocycles. The van der Waals surface area contributed by atoms with Crippen molar-refractivity contribution in [1.82, 2.24) is 19.4 Å². The van der Waals surface area contributed by atoms with Crippen LogP contribution >= 0.6 is 11.6 Å². The van der Waals surface area contributed by atoms with Crippen molar-refractivity contribution in [3.63, 3.8) is 0 Å². The Labute approximate surface area is 187 Å². The van der Waals surface area contributed by atoms with Crippen LogP contribution in [0.4, 0.5) is 0 Å². The largest absolute Gasteiger partial charge is 0.466 e. The summed E-state index contributed by atoms with van der Waals surface area (Å²) < 4.78 is 7.68. The van der Waals surface area contributed by atoms with E-state index in [-0.39, 0.29) is 11.9 Å². The topological polar surface area (TPSA) is 60.2 Å². The van der Waals surface area contributed by atoms with E-state index in [0.29, 0.717) is 31.7 Å². The molecule has 7 heteroatoms. The molecule has 0 N–H and O–H groups in total. The highest BCUT2D eigenvalue weighted by Crippen LogP contribution is 2.47. The number of rotatable bonds is 6. The molecule has 2 bridgehead atoms. The van der Waals surface area contributed by atoms with Gasteiger partial charge in [-0.25, -0.2) is 9.97 Å². The van der Waals surface area contributed by atoms with Crippen LogP contribution in [0.15, 0.2) is 36.8 Å². The Bertz CT molecular complexity index is 1110. The van der Waals surface area contributed by atoms with E-state index in [0.717, 1.165) is 17.1 Å². The summed E-state index contributed by atoms with van der Waals surface area (Å²) in [5, 5.41) is 1.99. The Morgan fingerprint density at radius 2 is 2.19 bits per heavy atom. The molecule has 2 aromatic heterocycles. The molecular formula is C24H27ClN4O2. The first-order chi connectivity index (χ1) is 15.1. The summed E-state index contributed by atoms with van der Waals surface area (Å²) in [7, 11) is 2.24. The first kappa shape index (κ1) is 20.5. The summed E-state index contributed by atoms with van der Waals surface area (Å²) in [6.45, 7) is 2.89. The number of halogens is 1. The van der Waals surface area contributed by atoms with Crippen LogP contribution < -0.4 is 0 Å². The van der Waals surface area contributed by atoms with E-state index < -0.39 is 0 Å². The SMILES string of the molecule is CCOC(=O)CC(Cn1c2c(c3cc(Cl)ccc31)C1CCC(C2)N1C)c1ccncn1. The predicted molar refractivity (Wildman–Crippen MR) is 120 cm³/mol. The number of hydrogen-bond acceptors (Lipinski definition) is 5. The zero-order valence-corrected chi connectivity index (χ0v) is 18.7. The lowest BCUT2D eigenvalue weighted by atomic mass is 9.97. The van der Waals surface area contributed by atoms with Crippen molar-refractivity contribution in [1.29, 1.82) is 0 Å². The van der Waals surface area contributed by atoms with Gasteiger partial charge >= 0.3 is 5.97 Å². The average molecular weight is 439 g/mol. The van der Waals surface area contributed by atoms with Gasteiger partial charge in [-0.15, -0.1) is 0 Å². The molecule has 0 saturated carbocycles. The molecule has 2 aliphatic rings. The summed E-state index contributed by atoms with van der Waals surface area (Å²) in [6.07, 6.45) is 6.99. The maximum absolute atomic E-state index is 12.4. The molecule has 3 atom stereocenters. The molecule has 0 spiro atoms. The standard InChI is InChI=1S/C24H27ClN4O2/c1-3-31-23(30)10-15(19-8-9-26-14-27-19)13-29-20-6-4-16(25)11-18(20)24-21-7-5-17(28(21)2)12-22(24)29/h4,6,8-9,11,14-15,17,21H,3,5,7,10,12-13H2,1-2H3. The second kappa shape index (κ2) is 8.24. The molecule has 0 aliphatic carbocycles. The lowest BCUT2D eigenvalue weighted by molar-refractivity contribution is -0.143. The summed E-state index contributed by atoms with van der Waals surface area (Å²) >= 11 is 6.41. The minimum Gasteiger partial charge on any atom is -0.466 e. The molecule has 1 aromatic carbocycles. The Morgan fingerprint density at radius 3 is 2.97 bits per heavy atom. The Kier molecular flexibility index (Phi) is 5.44. The molecule has 3 aromatic rings. The van der Waals surface area contributed by atoms with Crippen LogP contribution in [0, 0.1) is 0 Å². The lowest BCUT2D eigenvalue weighted by Gasteiger charge is -2.33. The van der Waals surface area contributed by atoms with Gasteiger partial charge in [0, 0.05) is 64.5 Å². The molecule has 2 aliphatic heterocycles. The van der Waals surface area contributed by atoms with E-state index in [1.54, 1.807) is 12.5 Å². The highest BCUT2D eigenvalue weighted by Gasteiger charge is 2.41. The van der Waals surface area contributed by atoms with Gasteiger partial charge < -0.3 is 9.30 Å². The van der Waals surface area contributed by atoms with Crippen molar-refractivity contribution in [3.8, 4) is 0 Å². The third-order valence-electron chi connectivity index (χ3n) is 6.92. The first-order valence-electron chi connectivity index (χ1n) is 11.0. The summed E-state index contributed by atoms with van der Waals surface area (Å²) in [5.74, 6) is -0.283. The minimum atomic E-state index is -0.195. The molecular weight excluding hydrogens is 412 g/mol. The molecule has 1 fully saturated rings. The Balaban J connectivity index is 1.61. The highest BCUT2D eigenvalue weighted by molar-refractivity contribution is 6.31. The fourth-order valence-electron chi connectivity index (χ4n) is 5.48. The van der Waals surface area contributed by atoms with Crippen LogP contribution in [0.1, 0.15) is 55.1 Å². The number of benzene rings is 1. The zero-order valence-electron chi connectivity index (χ0n) is 17.9. The molecule has 6 nitrogen and oxygen atoms in total. The van der Waals surface area contributed by atoms with Crippen LogP contribution in [0.2, 0.25) is 5.02 Å². The maximum atomic E-state index is 12.4. The van der Waals surface area contributed by atoms with Crippen molar-refractivity contribution < 1.29 is 9.53 Å². The maximum Gasteiger partial charge on any atom is 0.306 e. The third kappa shape index (κ3) is 3.62. The van der Waals surface area contributed by atoms with Gasteiger partial charge in [0.2, 0.25) is 0 Å². The van der Waals surface area contributed by atoms with Crippen LogP contribution in [0.25, 0.3) is 10.9 Å². The van der Waals surface area contributed by atoms with E-state index in [4.69, 9.17) is 16.3 Å². The molecule has 3 unspecified atom stereocenters. The van der Waals surface area contributed by atoms with Gasteiger partial charge in [-0.1, -0.05) is 11.6 Å². The second-order valence-electron chi connectivity index (χ2n) is 8.59. The first-order valence-corrected chi connectivity index (χ1v) is 11.4. The number of aromatic nitrogens is 3. The van der Waals surface area contributed by atoms with Crippen LogP contribution in [0.5, 0.6) is 0 Å². The van der Waals surface area contributed by atoms with Gasteiger partial charge in [0.25, 0.3) is 0 Å². The van der Waals surface area contributed by atoms with Crippen molar-refractivity contribution in [3.05, 3.63) is 58.8 Å². The van der Waals surface area contributed by atoms with E-state index >= 15 is 0 Å². The second-order valence-corrected chi connectivity index (χ2v) is 9.03. The van der Waals surface area contributed by atoms with Crippen LogP contribution in [-0.4, -0.2) is 45.1 Å². The van der Waals surface area contributed by atoms with E-state index in [1.807, 2.05) is 19.1 Å². The van der Waals surface area contributed by atoms with Crippen molar-refractivity contribution in [2.75, 3.05) is 13.7 Å². The van der Waals surface area contributed by atoms with Gasteiger partial charge in [-0.05, 0) is 56.6 Å². The fraction of sp³-hybridized carbons (Fsp3) is 0.458. The number of nitrogens with zero attached hydrogens (tertiary/aromatic N) is 4. The molecule has 162 valence electrons. The number of fused-ring (bicyclic) bond motifs is 6. The van der Waals surface area contributed by atoms with Gasteiger partial charge in [-0.2, -0.15) is 0 Å². The van der Waals surface area contributed by atoms with Crippen molar-refractivity contribution in [2.45, 2.75) is 57.2 Å². The smallest absolute Gasteiger partial charge is 0.306 e. The summed E-state index contributed by atoms with van der Waals surface area (Å²) in [6, 6.07) is 9.07. The molecule has 31 heavy (non-hydrogen) atoms.